The van der Waals surface area contributed by atoms with E-state index in [0.717, 1.165) is 24.8 Å². The van der Waals surface area contributed by atoms with Crippen molar-refractivity contribution in [2.45, 2.75) is 44.9 Å². The summed E-state index contributed by atoms with van der Waals surface area (Å²) in [5.41, 5.74) is 2.75. The third kappa shape index (κ3) is 4.73. The number of rotatable bonds is 9. The van der Waals surface area contributed by atoms with Gasteiger partial charge in [0.2, 0.25) is 0 Å². The SMILES string of the molecule is C=CCc1cc(C(=O)NCCCc2nc3c(s2)CCCC3)cc(OC)c1OC. The van der Waals surface area contributed by atoms with Crippen LogP contribution in [0, 0.1) is 0 Å². The fraction of sp³-hybridized carbons (Fsp3) is 0.455. The van der Waals surface area contributed by atoms with Crippen LogP contribution in [0.15, 0.2) is 24.8 Å². The van der Waals surface area contributed by atoms with E-state index in [4.69, 9.17) is 14.5 Å². The van der Waals surface area contributed by atoms with Crippen molar-refractivity contribution in [1.82, 2.24) is 10.3 Å². The molecule has 1 heterocycles. The zero-order valence-electron chi connectivity index (χ0n) is 16.7. The lowest BCUT2D eigenvalue weighted by Crippen LogP contribution is -2.25. The van der Waals surface area contributed by atoms with Crippen molar-refractivity contribution in [2.75, 3.05) is 20.8 Å². The Balaban J connectivity index is 1.57. The van der Waals surface area contributed by atoms with E-state index in [0.29, 0.717) is 30.0 Å². The van der Waals surface area contributed by atoms with Gasteiger partial charge < -0.3 is 14.8 Å². The Kier molecular flexibility index (Phi) is 7.09. The Morgan fingerprint density at radius 3 is 2.82 bits per heavy atom. The summed E-state index contributed by atoms with van der Waals surface area (Å²) in [6.07, 6.45) is 9.01. The quantitative estimate of drug-likeness (QED) is 0.508. The fourth-order valence-electron chi connectivity index (χ4n) is 3.54. The summed E-state index contributed by atoms with van der Waals surface area (Å²) in [4.78, 5) is 18.8. The van der Waals surface area contributed by atoms with Crippen LogP contribution in [0.1, 0.15) is 50.8 Å². The number of methoxy groups -OCH3 is 2. The van der Waals surface area contributed by atoms with Crippen molar-refractivity contribution in [2.24, 2.45) is 0 Å². The Morgan fingerprint density at radius 2 is 2.11 bits per heavy atom. The van der Waals surface area contributed by atoms with Crippen LogP contribution in [-0.2, 0) is 25.7 Å². The van der Waals surface area contributed by atoms with Crippen LogP contribution in [0.25, 0.3) is 0 Å². The maximum atomic E-state index is 12.6. The second-order valence-electron chi connectivity index (χ2n) is 6.91. The molecule has 6 heteroatoms. The van der Waals surface area contributed by atoms with Gasteiger partial charge in [-0.25, -0.2) is 4.98 Å². The van der Waals surface area contributed by atoms with Crippen molar-refractivity contribution < 1.29 is 14.3 Å². The standard InChI is InChI=1S/C22H28N2O3S/c1-4-8-15-13-16(14-18(26-2)21(15)27-3)22(25)23-12-7-11-20-24-17-9-5-6-10-19(17)28-20/h4,13-14H,1,5-12H2,2-3H3,(H,23,25). The number of carbonyl (C=O) groups excluding carboxylic acids is 1. The van der Waals surface area contributed by atoms with E-state index in [1.807, 2.05) is 17.4 Å². The molecule has 1 N–H and O–H groups in total. The molecule has 3 rings (SSSR count). The summed E-state index contributed by atoms with van der Waals surface area (Å²) in [6.45, 7) is 4.39. The minimum absolute atomic E-state index is 0.107. The lowest BCUT2D eigenvalue weighted by Gasteiger charge is -2.14. The monoisotopic (exact) mass is 400 g/mol. The third-order valence-corrected chi connectivity index (χ3v) is 6.14. The largest absolute Gasteiger partial charge is 0.493 e. The number of nitrogens with zero attached hydrogens (tertiary/aromatic N) is 1. The summed E-state index contributed by atoms with van der Waals surface area (Å²) in [7, 11) is 3.17. The van der Waals surface area contributed by atoms with E-state index in [-0.39, 0.29) is 5.91 Å². The average molecular weight is 401 g/mol. The lowest BCUT2D eigenvalue weighted by atomic mass is 10.0. The molecule has 1 aliphatic carbocycles. The Bertz CT molecular complexity index is 821. The number of hydrogen-bond acceptors (Lipinski definition) is 5. The summed E-state index contributed by atoms with van der Waals surface area (Å²) in [5.74, 6) is 1.09. The highest BCUT2D eigenvalue weighted by Crippen LogP contribution is 2.33. The molecule has 1 amide bonds. The summed E-state index contributed by atoms with van der Waals surface area (Å²) in [6, 6.07) is 3.56. The van der Waals surface area contributed by atoms with Crippen LogP contribution in [-0.4, -0.2) is 31.7 Å². The molecule has 0 bridgehead atoms. The minimum Gasteiger partial charge on any atom is -0.493 e. The highest BCUT2D eigenvalue weighted by Gasteiger charge is 2.16. The molecule has 150 valence electrons. The highest BCUT2D eigenvalue weighted by atomic mass is 32.1. The first-order valence-electron chi connectivity index (χ1n) is 9.77. The predicted octanol–water partition coefficient (Wildman–Crippen LogP) is 4.13. The topological polar surface area (TPSA) is 60.5 Å². The van der Waals surface area contributed by atoms with Crippen molar-refractivity contribution in [1.29, 1.82) is 0 Å². The van der Waals surface area contributed by atoms with Crippen molar-refractivity contribution >= 4 is 17.2 Å². The van der Waals surface area contributed by atoms with Gasteiger partial charge in [-0.3, -0.25) is 4.79 Å². The van der Waals surface area contributed by atoms with Gasteiger partial charge in [0.25, 0.3) is 5.91 Å². The summed E-state index contributed by atoms with van der Waals surface area (Å²) in [5, 5.41) is 4.20. The van der Waals surface area contributed by atoms with E-state index in [9.17, 15) is 4.79 Å². The number of nitrogens with one attached hydrogen (secondary N) is 1. The molecule has 2 aromatic rings. The first kappa shape index (κ1) is 20.4. The number of amides is 1. The Labute approximate surface area is 170 Å². The normalized spacial score (nSPS) is 12.9. The van der Waals surface area contributed by atoms with Gasteiger partial charge in [-0.05, 0) is 50.7 Å². The summed E-state index contributed by atoms with van der Waals surface area (Å²) >= 11 is 1.84. The zero-order valence-corrected chi connectivity index (χ0v) is 17.5. The number of carbonyl (C=O) groups is 1. The van der Waals surface area contributed by atoms with E-state index >= 15 is 0 Å². The van der Waals surface area contributed by atoms with Gasteiger partial charge >= 0.3 is 0 Å². The predicted molar refractivity (Wildman–Crippen MR) is 113 cm³/mol. The number of aryl methyl sites for hydroxylation is 3. The van der Waals surface area contributed by atoms with E-state index in [2.05, 4.69) is 11.9 Å². The smallest absolute Gasteiger partial charge is 0.251 e. The van der Waals surface area contributed by atoms with Crippen LogP contribution in [0.5, 0.6) is 11.5 Å². The number of fused-ring (bicyclic) bond motifs is 1. The second kappa shape index (κ2) is 9.73. The van der Waals surface area contributed by atoms with E-state index < -0.39 is 0 Å². The summed E-state index contributed by atoms with van der Waals surface area (Å²) < 4.78 is 10.8. The number of thiazole rings is 1. The molecule has 0 saturated heterocycles. The molecule has 0 fully saturated rings. The van der Waals surface area contributed by atoms with Gasteiger partial charge in [0.05, 0.1) is 24.9 Å². The first-order chi connectivity index (χ1) is 13.7. The van der Waals surface area contributed by atoms with Crippen LogP contribution in [0.3, 0.4) is 0 Å². The fourth-order valence-corrected chi connectivity index (χ4v) is 4.74. The van der Waals surface area contributed by atoms with Crippen molar-refractivity contribution in [3.05, 3.63) is 51.5 Å². The Hall–Kier alpha value is -2.34. The molecule has 0 saturated carbocycles. The molecule has 1 aromatic heterocycles. The lowest BCUT2D eigenvalue weighted by molar-refractivity contribution is 0.0952. The average Bonchev–Trinajstić information content (AvgIpc) is 3.13. The van der Waals surface area contributed by atoms with Gasteiger partial charge in [0.1, 0.15) is 0 Å². The molecule has 1 aliphatic rings. The van der Waals surface area contributed by atoms with Crippen LogP contribution >= 0.6 is 11.3 Å². The van der Waals surface area contributed by atoms with Gasteiger partial charge in [0.15, 0.2) is 11.5 Å². The number of allylic oxidation sites excluding steroid dienone is 1. The molecule has 0 radical (unpaired) electrons. The molecule has 28 heavy (non-hydrogen) atoms. The van der Waals surface area contributed by atoms with Crippen LogP contribution < -0.4 is 14.8 Å². The third-order valence-electron chi connectivity index (χ3n) is 4.93. The molecule has 1 aromatic carbocycles. The molecule has 0 spiro atoms. The minimum atomic E-state index is -0.107. The molecule has 0 unspecified atom stereocenters. The molecular weight excluding hydrogens is 372 g/mol. The van der Waals surface area contributed by atoms with Crippen LogP contribution in [0.2, 0.25) is 0 Å². The van der Waals surface area contributed by atoms with E-state index in [1.54, 1.807) is 26.4 Å². The number of benzene rings is 1. The molecule has 0 atom stereocenters. The molecule has 5 nitrogen and oxygen atoms in total. The molecular formula is C22H28N2O3S. The zero-order chi connectivity index (χ0) is 19.9. The second-order valence-corrected chi connectivity index (χ2v) is 8.08. The van der Waals surface area contributed by atoms with Gasteiger partial charge in [0, 0.05) is 29.0 Å². The van der Waals surface area contributed by atoms with Gasteiger partial charge in [-0.2, -0.15) is 0 Å². The van der Waals surface area contributed by atoms with Crippen LogP contribution in [0.4, 0.5) is 0 Å². The van der Waals surface area contributed by atoms with Crippen molar-refractivity contribution in [3.8, 4) is 11.5 Å². The maximum Gasteiger partial charge on any atom is 0.251 e. The maximum absolute atomic E-state index is 12.6. The van der Waals surface area contributed by atoms with E-state index in [1.165, 1.54) is 34.8 Å². The number of ether oxygens (including phenoxy) is 2. The Morgan fingerprint density at radius 1 is 1.29 bits per heavy atom. The highest BCUT2D eigenvalue weighted by molar-refractivity contribution is 7.11. The molecule has 0 aliphatic heterocycles. The van der Waals surface area contributed by atoms with Crippen molar-refractivity contribution in [3.63, 3.8) is 0 Å². The number of aromatic nitrogens is 1. The first-order valence-corrected chi connectivity index (χ1v) is 10.6. The van der Waals surface area contributed by atoms with Gasteiger partial charge in [-0.1, -0.05) is 6.08 Å². The van der Waals surface area contributed by atoms with Gasteiger partial charge in [-0.15, -0.1) is 17.9 Å². The number of hydrogen-bond donors (Lipinski definition) is 1.